The van der Waals surface area contributed by atoms with Gasteiger partial charge < -0.3 is 10.0 Å². The van der Waals surface area contributed by atoms with Gasteiger partial charge in [0, 0.05) is 31.8 Å². The second kappa shape index (κ2) is 5.07. The summed E-state index contributed by atoms with van der Waals surface area (Å²) in [6.07, 6.45) is 2.82. The average Bonchev–Trinajstić information content (AvgIpc) is 2.77. The highest BCUT2D eigenvalue weighted by Gasteiger charge is 2.29. The summed E-state index contributed by atoms with van der Waals surface area (Å²) < 4.78 is 1.85. The molecule has 1 fully saturated rings. The fraction of sp³-hybridized carbons (Fsp3) is 0.571. The van der Waals surface area contributed by atoms with Gasteiger partial charge in [-0.25, -0.2) is 4.79 Å². The van der Waals surface area contributed by atoms with E-state index in [0.29, 0.717) is 11.8 Å². The van der Waals surface area contributed by atoms with Crippen molar-refractivity contribution in [1.29, 1.82) is 0 Å². The number of carboxylic acids is 1. The zero-order chi connectivity index (χ0) is 14.2. The molecule has 0 bridgehead atoms. The van der Waals surface area contributed by atoms with Crippen molar-refractivity contribution in [3.8, 4) is 0 Å². The fourth-order valence-electron chi connectivity index (χ4n) is 2.69. The van der Waals surface area contributed by atoms with Crippen LogP contribution in [0.1, 0.15) is 25.1 Å². The standard InChI is InChI=1S/C14H21N3O2/c1-9-7-17(8-10(9)2)14-12(5-6-13(18)19)11(3)15-16(14)4/h5-6,9-10H,7-8H2,1-4H3,(H,18,19). The number of aromatic nitrogens is 2. The van der Waals surface area contributed by atoms with Gasteiger partial charge in [0.05, 0.1) is 5.69 Å². The number of nitrogens with zero attached hydrogens (tertiary/aromatic N) is 3. The molecule has 1 aliphatic rings. The fourth-order valence-corrected chi connectivity index (χ4v) is 2.69. The Balaban J connectivity index is 2.37. The third-order valence-corrected chi connectivity index (χ3v) is 3.92. The van der Waals surface area contributed by atoms with Gasteiger partial charge in [0.15, 0.2) is 0 Å². The first-order chi connectivity index (χ1) is 8.90. The molecule has 2 rings (SSSR count). The molecule has 0 spiro atoms. The van der Waals surface area contributed by atoms with Gasteiger partial charge in [-0.1, -0.05) is 13.8 Å². The number of anilines is 1. The second-order valence-electron chi connectivity index (χ2n) is 5.48. The van der Waals surface area contributed by atoms with Gasteiger partial charge in [-0.05, 0) is 24.8 Å². The largest absolute Gasteiger partial charge is 0.478 e. The summed E-state index contributed by atoms with van der Waals surface area (Å²) in [7, 11) is 1.91. The molecule has 2 unspecified atom stereocenters. The molecule has 5 heteroatoms. The van der Waals surface area contributed by atoms with Crippen molar-refractivity contribution < 1.29 is 9.90 Å². The molecule has 104 valence electrons. The van der Waals surface area contributed by atoms with Crippen LogP contribution in [0.3, 0.4) is 0 Å². The van der Waals surface area contributed by atoms with E-state index >= 15 is 0 Å². The predicted molar refractivity (Wildman–Crippen MR) is 75.2 cm³/mol. The van der Waals surface area contributed by atoms with E-state index in [4.69, 9.17) is 5.11 Å². The zero-order valence-corrected chi connectivity index (χ0v) is 11.9. The first kappa shape index (κ1) is 13.6. The summed E-state index contributed by atoms with van der Waals surface area (Å²) in [4.78, 5) is 13.0. The maximum Gasteiger partial charge on any atom is 0.328 e. The molecule has 0 aromatic carbocycles. The van der Waals surface area contributed by atoms with Gasteiger partial charge in [-0.3, -0.25) is 4.68 Å². The van der Waals surface area contributed by atoms with Crippen molar-refractivity contribution >= 4 is 17.9 Å². The van der Waals surface area contributed by atoms with Crippen LogP contribution in [0.15, 0.2) is 6.08 Å². The first-order valence-corrected chi connectivity index (χ1v) is 6.59. The Morgan fingerprint density at radius 2 is 1.95 bits per heavy atom. The smallest absolute Gasteiger partial charge is 0.328 e. The van der Waals surface area contributed by atoms with Gasteiger partial charge >= 0.3 is 5.97 Å². The Kier molecular flexibility index (Phi) is 3.64. The van der Waals surface area contributed by atoms with E-state index in [1.54, 1.807) is 6.08 Å². The minimum absolute atomic E-state index is 0.645. The topological polar surface area (TPSA) is 58.4 Å². The van der Waals surface area contributed by atoms with Gasteiger partial charge in [-0.15, -0.1) is 0 Å². The van der Waals surface area contributed by atoms with Crippen LogP contribution in [0.5, 0.6) is 0 Å². The normalized spacial score (nSPS) is 23.5. The Labute approximate surface area is 113 Å². The van der Waals surface area contributed by atoms with Crippen LogP contribution in [0.4, 0.5) is 5.82 Å². The summed E-state index contributed by atoms with van der Waals surface area (Å²) in [5.74, 6) is 1.38. The second-order valence-corrected chi connectivity index (χ2v) is 5.48. The maximum atomic E-state index is 10.7. The highest BCUT2D eigenvalue weighted by Crippen LogP contribution is 2.31. The molecule has 5 nitrogen and oxygen atoms in total. The van der Waals surface area contributed by atoms with E-state index in [2.05, 4.69) is 23.8 Å². The molecule has 2 atom stereocenters. The molecule has 0 aliphatic carbocycles. The van der Waals surface area contributed by atoms with Gasteiger partial charge in [0.1, 0.15) is 5.82 Å². The molecule has 1 N–H and O–H groups in total. The molecule has 2 heterocycles. The number of hydrogen-bond acceptors (Lipinski definition) is 3. The molecule has 0 radical (unpaired) electrons. The molecule has 1 aromatic rings. The number of aliphatic carboxylic acids is 1. The predicted octanol–water partition coefficient (Wildman–Crippen LogP) is 1.92. The summed E-state index contributed by atoms with van der Waals surface area (Å²) in [6.45, 7) is 8.40. The van der Waals surface area contributed by atoms with Gasteiger partial charge in [0.25, 0.3) is 0 Å². The van der Waals surface area contributed by atoms with Crippen LogP contribution in [0, 0.1) is 18.8 Å². The summed E-state index contributed by atoms with van der Waals surface area (Å²) in [5, 5.41) is 13.2. The monoisotopic (exact) mass is 263 g/mol. The number of carboxylic acid groups (broad SMARTS) is 1. The van der Waals surface area contributed by atoms with E-state index in [9.17, 15) is 4.79 Å². The molecule has 0 saturated carbocycles. The number of rotatable bonds is 3. The third kappa shape index (κ3) is 2.64. The van der Waals surface area contributed by atoms with E-state index in [1.807, 2.05) is 18.7 Å². The van der Waals surface area contributed by atoms with Crippen LogP contribution < -0.4 is 4.90 Å². The third-order valence-electron chi connectivity index (χ3n) is 3.92. The zero-order valence-electron chi connectivity index (χ0n) is 11.9. The Hall–Kier alpha value is -1.78. The molecule has 1 aromatic heterocycles. The van der Waals surface area contributed by atoms with E-state index in [1.165, 1.54) is 6.08 Å². The van der Waals surface area contributed by atoms with E-state index in [0.717, 1.165) is 30.2 Å². The quantitative estimate of drug-likeness (QED) is 0.846. The van der Waals surface area contributed by atoms with Gasteiger partial charge in [0.2, 0.25) is 0 Å². The van der Waals surface area contributed by atoms with Crippen molar-refractivity contribution in [3.63, 3.8) is 0 Å². The van der Waals surface area contributed by atoms with Crippen molar-refractivity contribution in [2.45, 2.75) is 20.8 Å². The molecular formula is C14H21N3O2. The minimum atomic E-state index is -0.933. The Morgan fingerprint density at radius 3 is 2.47 bits per heavy atom. The lowest BCUT2D eigenvalue weighted by Gasteiger charge is -2.19. The van der Waals surface area contributed by atoms with Gasteiger partial charge in [-0.2, -0.15) is 5.10 Å². The van der Waals surface area contributed by atoms with Crippen LogP contribution in [-0.4, -0.2) is 33.9 Å². The summed E-state index contributed by atoms with van der Waals surface area (Å²) in [5.41, 5.74) is 1.77. The SMILES string of the molecule is Cc1nn(C)c(N2CC(C)C(C)C2)c1C=CC(=O)O. The van der Waals surface area contributed by atoms with Crippen LogP contribution in [0.2, 0.25) is 0 Å². The number of hydrogen-bond donors (Lipinski definition) is 1. The minimum Gasteiger partial charge on any atom is -0.478 e. The van der Waals surface area contributed by atoms with Crippen LogP contribution in [0.25, 0.3) is 6.08 Å². The molecule has 1 saturated heterocycles. The Bertz CT molecular complexity index is 509. The van der Waals surface area contributed by atoms with E-state index < -0.39 is 5.97 Å². The van der Waals surface area contributed by atoms with Crippen molar-refractivity contribution in [2.75, 3.05) is 18.0 Å². The van der Waals surface area contributed by atoms with Crippen molar-refractivity contribution in [1.82, 2.24) is 9.78 Å². The first-order valence-electron chi connectivity index (χ1n) is 6.59. The van der Waals surface area contributed by atoms with E-state index in [-0.39, 0.29) is 0 Å². The van der Waals surface area contributed by atoms with Crippen LogP contribution in [-0.2, 0) is 11.8 Å². The molecular weight excluding hydrogens is 242 g/mol. The average molecular weight is 263 g/mol. The number of carbonyl (C=O) groups is 1. The molecule has 0 amide bonds. The highest BCUT2D eigenvalue weighted by atomic mass is 16.4. The Morgan fingerprint density at radius 1 is 1.37 bits per heavy atom. The molecule has 1 aliphatic heterocycles. The molecule has 19 heavy (non-hydrogen) atoms. The highest BCUT2D eigenvalue weighted by molar-refractivity contribution is 5.87. The van der Waals surface area contributed by atoms with Crippen molar-refractivity contribution in [3.05, 3.63) is 17.3 Å². The van der Waals surface area contributed by atoms with Crippen molar-refractivity contribution in [2.24, 2.45) is 18.9 Å². The lowest BCUT2D eigenvalue weighted by molar-refractivity contribution is -0.131. The lowest BCUT2D eigenvalue weighted by atomic mass is 10.0. The lowest BCUT2D eigenvalue weighted by Crippen LogP contribution is -2.23. The number of aryl methyl sites for hydroxylation is 2. The summed E-state index contributed by atoms with van der Waals surface area (Å²) >= 11 is 0. The summed E-state index contributed by atoms with van der Waals surface area (Å²) in [6, 6.07) is 0. The maximum absolute atomic E-state index is 10.7. The van der Waals surface area contributed by atoms with Crippen LogP contribution >= 0.6 is 0 Å².